The van der Waals surface area contributed by atoms with Crippen LogP contribution in [-0.4, -0.2) is 28.1 Å². The Kier molecular flexibility index (Phi) is 4.36. The third kappa shape index (κ3) is 3.42. The molecule has 0 aliphatic carbocycles. The number of amides is 1. The summed E-state index contributed by atoms with van der Waals surface area (Å²) in [6.07, 6.45) is -1.16. The summed E-state index contributed by atoms with van der Waals surface area (Å²) in [6, 6.07) is 8.88. The third-order valence-electron chi connectivity index (χ3n) is 3.66. The number of anilines is 1. The number of hydrogen-bond donors (Lipinski definition) is 1. The average Bonchev–Trinajstić information content (AvgIpc) is 3.32. The maximum atomic E-state index is 12.0. The van der Waals surface area contributed by atoms with Crippen LogP contribution >= 0.6 is 11.3 Å². The molecule has 1 aliphatic heterocycles. The molecule has 3 aromatic rings. The average molecular weight is 371 g/mol. The summed E-state index contributed by atoms with van der Waals surface area (Å²) < 4.78 is 15.7. The lowest BCUT2D eigenvalue weighted by atomic mass is 10.1. The molecule has 0 spiro atoms. The topological polar surface area (TPSA) is 104 Å². The number of benzene rings is 1. The highest BCUT2D eigenvalue weighted by Crippen LogP contribution is 2.29. The number of rotatable bonds is 5. The van der Waals surface area contributed by atoms with E-state index in [0.717, 1.165) is 5.56 Å². The maximum absolute atomic E-state index is 12.0. The molecule has 4 rings (SSSR count). The Morgan fingerprint density at radius 3 is 3.04 bits per heavy atom. The van der Waals surface area contributed by atoms with Gasteiger partial charge in [0.05, 0.1) is 12.1 Å². The van der Waals surface area contributed by atoms with Crippen LogP contribution in [0.5, 0.6) is 5.75 Å². The predicted molar refractivity (Wildman–Crippen MR) is 91.5 cm³/mol. The van der Waals surface area contributed by atoms with Crippen LogP contribution in [0.4, 0.5) is 5.69 Å². The van der Waals surface area contributed by atoms with Gasteiger partial charge in [0, 0.05) is 10.9 Å². The number of carbonyl (C=O) groups is 2. The van der Waals surface area contributed by atoms with Crippen LogP contribution in [0.15, 0.2) is 45.6 Å². The Morgan fingerprint density at radius 2 is 2.19 bits per heavy atom. The van der Waals surface area contributed by atoms with Crippen molar-refractivity contribution in [1.82, 2.24) is 10.1 Å². The number of nitrogens with zero attached hydrogens (tertiary/aromatic N) is 2. The predicted octanol–water partition coefficient (Wildman–Crippen LogP) is 2.63. The molecule has 26 heavy (non-hydrogen) atoms. The molecule has 132 valence electrons. The van der Waals surface area contributed by atoms with Crippen molar-refractivity contribution in [3.8, 4) is 17.1 Å². The number of fused-ring (bicyclic) bond motifs is 1. The van der Waals surface area contributed by atoms with Crippen LogP contribution in [0, 0.1) is 0 Å². The second-order valence-corrected chi connectivity index (χ2v) is 6.26. The molecule has 0 saturated heterocycles. The minimum absolute atomic E-state index is 0.166. The molecule has 8 nitrogen and oxygen atoms in total. The number of carbonyl (C=O) groups excluding carboxylic acids is 2. The zero-order valence-electron chi connectivity index (χ0n) is 13.4. The fraction of sp³-hybridized carbons (Fsp3) is 0.176. The van der Waals surface area contributed by atoms with Gasteiger partial charge in [0.15, 0.2) is 12.7 Å². The lowest BCUT2D eigenvalue weighted by Crippen LogP contribution is -2.38. The second kappa shape index (κ2) is 6.96. The molecular formula is C17H13N3O5S. The first-order valence-corrected chi connectivity index (χ1v) is 8.70. The van der Waals surface area contributed by atoms with E-state index in [1.54, 1.807) is 24.3 Å². The molecule has 1 aliphatic rings. The molecule has 1 N–H and O–H groups in total. The summed E-state index contributed by atoms with van der Waals surface area (Å²) in [6.45, 7) is -0.166. The van der Waals surface area contributed by atoms with Gasteiger partial charge >= 0.3 is 5.97 Å². The highest BCUT2D eigenvalue weighted by atomic mass is 32.1. The second-order valence-electron chi connectivity index (χ2n) is 5.48. The number of esters is 1. The van der Waals surface area contributed by atoms with E-state index in [0.29, 0.717) is 17.3 Å². The molecule has 9 heteroatoms. The summed E-state index contributed by atoms with van der Waals surface area (Å²) >= 11 is 1.52. The quantitative estimate of drug-likeness (QED) is 0.688. The van der Waals surface area contributed by atoms with Gasteiger partial charge in [0.1, 0.15) is 5.75 Å². The summed E-state index contributed by atoms with van der Waals surface area (Å²) in [5.74, 6) is 0.142. The normalized spacial score (nSPS) is 15.7. The van der Waals surface area contributed by atoms with Gasteiger partial charge in [-0.3, -0.25) is 9.59 Å². The Balaban J connectivity index is 1.33. The molecule has 0 unspecified atom stereocenters. The first kappa shape index (κ1) is 16.3. The lowest BCUT2D eigenvalue weighted by molar-refractivity contribution is -0.149. The Morgan fingerprint density at radius 1 is 1.31 bits per heavy atom. The smallest absolute Gasteiger partial charge is 0.310 e. The highest BCUT2D eigenvalue weighted by Gasteiger charge is 2.30. The number of ether oxygens (including phenoxy) is 2. The van der Waals surface area contributed by atoms with Crippen molar-refractivity contribution in [2.24, 2.45) is 0 Å². The van der Waals surface area contributed by atoms with E-state index in [1.165, 1.54) is 11.3 Å². The van der Waals surface area contributed by atoms with E-state index in [1.807, 2.05) is 16.8 Å². The van der Waals surface area contributed by atoms with Gasteiger partial charge in [-0.05, 0) is 23.6 Å². The van der Waals surface area contributed by atoms with Crippen LogP contribution < -0.4 is 10.1 Å². The number of para-hydroxylation sites is 2. The van der Waals surface area contributed by atoms with Crippen molar-refractivity contribution in [3.63, 3.8) is 0 Å². The van der Waals surface area contributed by atoms with Gasteiger partial charge in [-0.15, -0.1) is 0 Å². The Bertz CT molecular complexity index is 938. The van der Waals surface area contributed by atoms with Crippen LogP contribution in [0.25, 0.3) is 11.4 Å². The van der Waals surface area contributed by atoms with Crippen molar-refractivity contribution in [2.75, 3.05) is 5.32 Å². The fourth-order valence-corrected chi connectivity index (χ4v) is 3.04. The maximum Gasteiger partial charge on any atom is 0.310 e. The SMILES string of the molecule is O=C(C[C@H]1Oc2ccccc2NC1=O)OCc1nc(-c2ccsc2)no1. The summed E-state index contributed by atoms with van der Waals surface area (Å²) in [4.78, 5) is 28.2. The molecule has 0 saturated carbocycles. The fourth-order valence-electron chi connectivity index (χ4n) is 2.40. The van der Waals surface area contributed by atoms with Crippen LogP contribution in [-0.2, 0) is 20.9 Å². The lowest BCUT2D eigenvalue weighted by Gasteiger charge is -2.24. The first-order chi connectivity index (χ1) is 12.7. The molecule has 0 bridgehead atoms. The zero-order valence-corrected chi connectivity index (χ0v) is 14.2. The van der Waals surface area contributed by atoms with Crippen molar-refractivity contribution in [1.29, 1.82) is 0 Å². The molecule has 0 fully saturated rings. The van der Waals surface area contributed by atoms with Gasteiger partial charge in [-0.25, -0.2) is 0 Å². The highest BCUT2D eigenvalue weighted by molar-refractivity contribution is 7.08. The first-order valence-electron chi connectivity index (χ1n) is 7.76. The van der Waals surface area contributed by atoms with Crippen LogP contribution in [0.3, 0.4) is 0 Å². The third-order valence-corrected chi connectivity index (χ3v) is 4.35. The number of thiophene rings is 1. The van der Waals surface area contributed by atoms with Gasteiger partial charge in [-0.2, -0.15) is 16.3 Å². The van der Waals surface area contributed by atoms with Crippen molar-refractivity contribution >= 4 is 28.9 Å². The summed E-state index contributed by atoms with van der Waals surface area (Å²) in [5, 5.41) is 10.3. The monoisotopic (exact) mass is 371 g/mol. The molecule has 1 aromatic carbocycles. The van der Waals surface area contributed by atoms with Gasteiger partial charge in [0.25, 0.3) is 11.8 Å². The van der Waals surface area contributed by atoms with Crippen molar-refractivity contribution < 1.29 is 23.6 Å². The van der Waals surface area contributed by atoms with E-state index >= 15 is 0 Å². The molecule has 1 atom stereocenters. The van der Waals surface area contributed by atoms with Crippen molar-refractivity contribution in [2.45, 2.75) is 19.1 Å². The van der Waals surface area contributed by atoms with Gasteiger partial charge in [-0.1, -0.05) is 17.3 Å². The zero-order chi connectivity index (χ0) is 17.9. The molecular weight excluding hydrogens is 358 g/mol. The molecule has 0 radical (unpaired) electrons. The molecule has 1 amide bonds. The minimum atomic E-state index is -0.943. The van der Waals surface area contributed by atoms with Crippen molar-refractivity contribution in [3.05, 3.63) is 47.0 Å². The Hall–Kier alpha value is -3.20. The molecule has 3 heterocycles. The summed E-state index contributed by atoms with van der Waals surface area (Å²) in [5.41, 5.74) is 1.41. The van der Waals surface area contributed by atoms with Crippen LogP contribution in [0.1, 0.15) is 12.3 Å². The molecule has 2 aromatic heterocycles. The minimum Gasteiger partial charge on any atom is -0.478 e. The standard InChI is InChI=1S/C17H13N3O5S/c21-15(7-13-17(22)18-11-3-1-2-4-12(11)24-13)23-8-14-19-16(20-25-14)10-5-6-26-9-10/h1-6,9,13H,7-8H2,(H,18,22)/t13-/m1/s1. The van der Waals surface area contributed by atoms with E-state index in [4.69, 9.17) is 14.0 Å². The summed E-state index contributed by atoms with van der Waals surface area (Å²) in [7, 11) is 0. The number of hydrogen-bond acceptors (Lipinski definition) is 8. The number of aromatic nitrogens is 2. The van der Waals surface area contributed by atoms with Crippen LogP contribution in [0.2, 0.25) is 0 Å². The van der Waals surface area contributed by atoms with E-state index in [-0.39, 0.29) is 18.9 Å². The van der Waals surface area contributed by atoms with E-state index < -0.39 is 18.0 Å². The number of nitrogens with one attached hydrogen (secondary N) is 1. The van der Waals surface area contributed by atoms with Gasteiger partial charge in [0.2, 0.25) is 5.82 Å². The Labute approximate surface area is 151 Å². The van der Waals surface area contributed by atoms with E-state index in [2.05, 4.69) is 15.5 Å². The van der Waals surface area contributed by atoms with E-state index in [9.17, 15) is 9.59 Å². The van der Waals surface area contributed by atoms with Gasteiger partial charge < -0.3 is 19.3 Å². The largest absolute Gasteiger partial charge is 0.478 e.